The molecule has 1 aliphatic rings. The number of aromatic nitrogens is 4. The van der Waals surface area contributed by atoms with Gasteiger partial charge in [-0.25, -0.2) is 4.98 Å². The van der Waals surface area contributed by atoms with Crippen LogP contribution in [0.15, 0.2) is 85.1 Å². The van der Waals surface area contributed by atoms with Gasteiger partial charge in [0.2, 0.25) is 0 Å². The molecule has 0 N–H and O–H groups in total. The molecular weight excluding hydrogens is 772 g/mol. The molecule has 0 amide bonds. The summed E-state index contributed by atoms with van der Waals surface area (Å²) in [6.45, 7) is 11.1. The number of pyridine rings is 1. The average Bonchev–Trinajstić information content (AvgIpc) is 3.72. The number of rotatable bonds is 4. The Morgan fingerprint density at radius 1 is 0.812 bits per heavy atom. The molecule has 0 aliphatic heterocycles. The molecule has 3 heterocycles. The molecule has 0 fully saturated rings. The Balaban J connectivity index is 1.24. The maximum atomic E-state index is 8.26. The molecule has 1 unspecified atom stereocenters. The van der Waals surface area contributed by atoms with Crippen molar-refractivity contribution in [2.45, 2.75) is 71.3 Å². The monoisotopic (exact) mass is 814 g/mol. The summed E-state index contributed by atoms with van der Waals surface area (Å²) in [6.07, 6.45) is 3.62. The van der Waals surface area contributed by atoms with Crippen LogP contribution >= 0.6 is 0 Å². The molecule has 0 saturated heterocycles. The van der Waals surface area contributed by atoms with E-state index < -0.39 is 6.98 Å². The molecule has 1 atom stereocenters. The van der Waals surface area contributed by atoms with Crippen molar-refractivity contribution < 1.29 is 28.2 Å². The van der Waals surface area contributed by atoms with Gasteiger partial charge in [-0.1, -0.05) is 53.7 Å². The second kappa shape index (κ2) is 11.2. The van der Waals surface area contributed by atoms with Gasteiger partial charge in [0.15, 0.2) is 0 Å². The van der Waals surface area contributed by atoms with Gasteiger partial charge in [0.1, 0.15) is 0 Å². The Hall–Kier alpha value is -4.21. The SMILES string of the molecule is [2H]C([2H])([2H])n1[c](=[Pt])n(C2CCc3ccc(Oc4[c-]c5c(cc4)c4cc(C(C)(C)C)ccc4n5-c4cc(C(C)(C)C)ccn4)[c-]c32)c2ccccc21. The van der Waals surface area contributed by atoms with E-state index in [9.17, 15) is 0 Å². The molecule has 3 aromatic heterocycles. The fraction of sp³-hybridized carbons (Fsp3) is 0.286. The molecule has 4 aromatic carbocycles. The molecule has 0 spiro atoms. The van der Waals surface area contributed by atoms with Crippen molar-refractivity contribution in [2.24, 2.45) is 6.98 Å². The van der Waals surface area contributed by atoms with Crippen molar-refractivity contribution in [3.63, 3.8) is 0 Å². The van der Waals surface area contributed by atoms with Crippen LogP contribution in [0, 0.1) is 15.9 Å². The standard InChI is InChI=1S/C42H40N4O.Pt/c1-41(2,3)28-14-19-36-34(22-28)32-17-16-31(25-39(32)46(36)40-23-29(20-21-43-40)42(4,5)6)47-30-15-12-27-13-18-35(33(27)24-30)45-26-44(7)37-10-8-9-11-38(37)45;/h8-12,14-17,19-23,35H,13,18H2,1-7H3;/q-2;/i7D3;. The molecule has 8 rings (SSSR count). The fourth-order valence-corrected chi connectivity index (χ4v) is 7.94. The minimum absolute atomic E-state index is 0.000908. The Bertz CT molecular complexity index is 2560. The molecule has 7 aromatic rings. The van der Waals surface area contributed by atoms with E-state index in [1.807, 2.05) is 42.6 Å². The summed E-state index contributed by atoms with van der Waals surface area (Å²) in [5.41, 5.74) is 8.21. The van der Waals surface area contributed by atoms with Crippen LogP contribution in [-0.4, -0.2) is 18.7 Å². The Kier molecular flexibility index (Phi) is 6.45. The molecule has 1 aliphatic carbocycles. The van der Waals surface area contributed by atoms with Gasteiger partial charge >= 0.3 is 194 Å². The third kappa shape index (κ3) is 5.10. The van der Waals surface area contributed by atoms with Crippen LogP contribution in [0.1, 0.15) is 80.4 Å². The summed E-state index contributed by atoms with van der Waals surface area (Å²) in [6, 6.07) is 34.0. The van der Waals surface area contributed by atoms with Crippen molar-refractivity contribution in [1.82, 2.24) is 18.7 Å². The van der Waals surface area contributed by atoms with Crippen molar-refractivity contribution in [2.75, 3.05) is 0 Å². The van der Waals surface area contributed by atoms with Crippen LogP contribution < -0.4 is 4.74 Å². The van der Waals surface area contributed by atoms with Gasteiger partial charge in [-0.3, -0.25) is 0 Å². The van der Waals surface area contributed by atoms with Gasteiger partial charge in [0, 0.05) is 6.20 Å². The second-order valence-corrected chi connectivity index (χ2v) is 15.9. The normalized spacial score (nSPS) is 16.3. The first kappa shape index (κ1) is 27.7. The third-order valence-corrected chi connectivity index (χ3v) is 10.7. The number of para-hydroxylation sites is 2. The van der Waals surface area contributed by atoms with Gasteiger partial charge in [-0.05, 0) is 40.2 Å². The quantitative estimate of drug-likeness (QED) is 0.166. The van der Waals surface area contributed by atoms with Crippen LogP contribution in [0.4, 0.5) is 0 Å². The number of nitrogens with zero attached hydrogens (tertiary/aromatic N) is 4. The van der Waals surface area contributed by atoms with Gasteiger partial charge in [-0.15, -0.1) is 0 Å². The molecule has 0 bridgehead atoms. The zero-order valence-electron chi connectivity index (χ0n) is 31.1. The minimum atomic E-state index is -2.30. The molecular formula is C42H40N4OPt-2. The Labute approximate surface area is 297 Å². The van der Waals surface area contributed by atoms with E-state index in [4.69, 9.17) is 13.8 Å². The van der Waals surface area contributed by atoms with E-state index >= 15 is 0 Å². The summed E-state index contributed by atoms with van der Waals surface area (Å²) >= 11 is 2.16. The number of hydrogen-bond acceptors (Lipinski definition) is 2. The fourth-order valence-electron chi connectivity index (χ4n) is 7.04. The van der Waals surface area contributed by atoms with Crippen LogP contribution in [0.3, 0.4) is 0 Å². The zero-order chi connectivity index (χ0) is 36.0. The maximum absolute atomic E-state index is 8.26. The predicted octanol–water partition coefficient (Wildman–Crippen LogP) is 10.1. The van der Waals surface area contributed by atoms with E-state index in [1.54, 1.807) is 0 Å². The molecule has 246 valence electrons. The van der Waals surface area contributed by atoms with Gasteiger partial charge in [0.05, 0.1) is 0 Å². The van der Waals surface area contributed by atoms with E-state index in [-0.39, 0.29) is 16.9 Å². The summed E-state index contributed by atoms with van der Waals surface area (Å²) in [5, 5.41) is 2.24. The first-order valence-electron chi connectivity index (χ1n) is 18.0. The number of fused-ring (bicyclic) bond motifs is 5. The summed E-state index contributed by atoms with van der Waals surface area (Å²) in [4.78, 5) is 4.86. The topological polar surface area (TPSA) is 36.9 Å². The summed E-state index contributed by atoms with van der Waals surface area (Å²) in [5.74, 6) is 2.02. The molecule has 0 saturated carbocycles. The molecule has 48 heavy (non-hydrogen) atoms. The van der Waals surface area contributed by atoms with Crippen LogP contribution in [0.25, 0.3) is 38.7 Å². The second-order valence-electron chi connectivity index (χ2n) is 14.9. The van der Waals surface area contributed by atoms with Crippen molar-refractivity contribution >= 4 is 32.8 Å². The van der Waals surface area contributed by atoms with Crippen molar-refractivity contribution in [3.8, 4) is 17.3 Å². The van der Waals surface area contributed by atoms with E-state index in [1.165, 1.54) is 21.3 Å². The van der Waals surface area contributed by atoms with E-state index in [0.29, 0.717) is 20.8 Å². The Morgan fingerprint density at radius 2 is 1.54 bits per heavy atom. The third-order valence-electron chi connectivity index (χ3n) is 9.68. The van der Waals surface area contributed by atoms with Crippen molar-refractivity contribution in [3.05, 3.63) is 123 Å². The average molecular weight is 815 g/mol. The van der Waals surface area contributed by atoms with Crippen LogP contribution in [0.2, 0.25) is 0 Å². The van der Waals surface area contributed by atoms with E-state index in [2.05, 4.69) is 125 Å². The number of ether oxygens (including phenoxy) is 1. The molecule has 0 radical (unpaired) electrons. The molecule has 6 heteroatoms. The zero-order valence-corrected chi connectivity index (χ0v) is 30.4. The summed E-state index contributed by atoms with van der Waals surface area (Å²) in [7, 11) is 0. The van der Waals surface area contributed by atoms with Gasteiger partial charge in [-0.2, -0.15) is 0 Å². The van der Waals surface area contributed by atoms with Crippen LogP contribution in [0.5, 0.6) is 11.5 Å². The van der Waals surface area contributed by atoms with Gasteiger partial charge < -0.3 is 0 Å². The first-order chi connectivity index (χ1) is 24.1. The number of benzene rings is 4. The molecule has 5 nitrogen and oxygen atoms in total. The van der Waals surface area contributed by atoms with E-state index in [0.717, 1.165) is 51.5 Å². The van der Waals surface area contributed by atoms with Crippen molar-refractivity contribution in [1.29, 1.82) is 0 Å². The number of imidazole rings is 1. The number of hydrogen-bond donors (Lipinski definition) is 0. The van der Waals surface area contributed by atoms with Crippen LogP contribution in [-0.2, 0) is 43.6 Å². The predicted molar refractivity (Wildman–Crippen MR) is 191 cm³/mol. The first-order valence-corrected chi connectivity index (χ1v) is 17.6. The number of aryl methyl sites for hydroxylation is 2. The Morgan fingerprint density at radius 3 is 2.31 bits per heavy atom. The summed E-state index contributed by atoms with van der Waals surface area (Å²) < 4.78 is 37.8. The van der Waals surface area contributed by atoms with Gasteiger partial charge in [0.25, 0.3) is 0 Å².